The molecule has 2 aromatic rings. The van der Waals surface area contributed by atoms with Crippen LogP contribution in [0.1, 0.15) is 0 Å². The first-order chi connectivity index (χ1) is 7.16. The highest BCUT2D eigenvalue weighted by atomic mass is 19.1. The quantitative estimate of drug-likeness (QED) is 0.797. The second-order valence-electron chi connectivity index (χ2n) is 2.90. The number of carboxylic acid groups (broad SMARTS) is 1. The van der Waals surface area contributed by atoms with Gasteiger partial charge in [0.2, 0.25) is 5.88 Å². The fraction of sp³-hybridized carbons (Fsp3) is 0.111. The van der Waals surface area contributed by atoms with Gasteiger partial charge in [-0.2, -0.15) is 0 Å². The van der Waals surface area contributed by atoms with Crippen molar-refractivity contribution in [2.45, 2.75) is 0 Å². The van der Waals surface area contributed by atoms with Crippen molar-refractivity contribution in [1.82, 2.24) is 10.2 Å². The fourth-order valence-corrected chi connectivity index (χ4v) is 1.20. The van der Waals surface area contributed by atoms with Gasteiger partial charge in [-0.25, -0.2) is 9.18 Å². The van der Waals surface area contributed by atoms with E-state index in [1.54, 1.807) is 0 Å². The maximum atomic E-state index is 12.9. The minimum atomic E-state index is -1.11. The minimum Gasteiger partial charge on any atom is -0.479 e. The number of nitrogens with zero attached hydrogens (tertiary/aromatic N) is 1. The molecule has 0 atom stereocenters. The van der Waals surface area contributed by atoms with Crippen LogP contribution in [0.5, 0.6) is 5.88 Å². The van der Waals surface area contributed by atoms with E-state index in [0.29, 0.717) is 10.9 Å². The molecule has 0 aliphatic rings. The van der Waals surface area contributed by atoms with E-state index in [1.807, 2.05) is 0 Å². The van der Waals surface area contributed by atoms with Crippen molar-refractivity contribution in [3.05, 3.63) is 24.0 Å². The molecule has 78 valence electrons. The first-order valence-electron chi connectivity index (χ1n) is 4.15. The van der Waals surface area contributed by atoms with Crippen LogP contribution in [0.15, 0.2) is 18.2 Å². The van der Waals surface area contributed by atoms with Crippen LogP contribution in [-0.4, -0.2) is 27.9 Å². The number of benzene rings is 1. The number of hydrogen-bond acceptors (Lipinski definition) is 3. The summed E-state index contributed by atoms with van der Waals surface area (Å²) in [4.78, 5) is 10.3. The summed E-state index contributed by atoms with van der Waals surface area (Å²) in [5.74, 6) is -1.45. The molecule has 2 rings (SSSR count). The van der Waals surface area contributed by atoms with E-state index in [2.05, 4.69) is 10.2 Å². The van der Waals surface area contributed by atoms with E-state index in [4.69, 9.17) is 9.84 Å². The summed E-state index contributed by atoms with van der Waals surface area (Å²) in [6.07, 6.45) is 0. The van der Waals surface area contributed by atoms with Gasteiger partial charge in [-0.15, -0.1) is 5.10 Å². The number of aromatic nitrogens is 2. The zero-order valence-corrected chi connectivity index (χ0v) is 7.53. The first kappa shape index (κ1) is 9.45. The van der Waals surface area contributed by atoms with Gasteiger partial charge in [-0.3, -0.25) is 5.10 Å². The average molecular weight is 210 g/mol. The molecule has 1 aromatic carbocycles. The summed E-state index contributed by atoms with van der Waals surface area (Å²) in [5, 5.41) is 15.2. The molecule has 6 heteroatoms. The number of halogens is 1. The Morgan fingerprint density at radius 1 is 1.60 bits per heavy atom. The second kappa shape index (κ2) is 3.56. The van der Waals surface area contributed by atoms with Gasteiger partial charge in [0.05, 0.1) is 10.9 Å². The third-order valence-electron chi connectivity index (χ3n) is 1.82. The predicted molar refractivity (Wildman–Crippen MR) is 49.2 cm³/mol. The SMILES string of the molecule is O=C(O)COc1n[nH]c2ccc(F)cc12. The van der Waals surface area contributed by atoms with Crippen LogP contribution in [-0.2, 0) is 4.79 Å². The van der Waals surface area contributed by atoms with Crippen molar-refractivity contribution in [1.29, 1.82) is 0 Å². The highest BCUT2D eigenvalue weighted by molar-refractivity contribution is 5.84. The van der Waals surface area contributed by atoms with Crippen molar-refractivity contribution in [3.63, 3.8) is 0 Å². The largest absolute Gasteiger partial charge is 0.479 e. The maximum Gasteiger partial charge on any atom is 0.341 e. The Kier molecular flexibility index (Phi) is 2.24. The van der Waals surface area contributed by atoms with Gasteiger partial charge in [-0.1, -0.05) is 0 Å². The number of ether oxygens (including phenoxy) is 1. The van der Waals surface area contributed by atoms with Crippen LogP contribution in [0, 0.1) is 5.82 Å². The van der Waals surface area contributed by atoms with Crippen LogP contribution in [0.3, 0.4) is 0 Å². The number of H-pyrrole nitrogens is 1. The van der Waals surface area contributed by atoms with Gasteiger partial charge in [0.15, 0.2) is 6.61 Å². The van der Waals surface area contributed by atoms with E-state index in [-0.39, 0.29) is 5.88 Å². The van der Waals surface area contributed by atoms with Crippen molar-refractivity contribution >= 4 is 16.9 Å². The zero-order valence-electron chi connectivity index (χ0n) is 7.53. The standard InChI is InChI=1S/C9H7FN2O3/c10-5-1-2-7-6(3-5)9(12-11-7)15-4-8(13)14/h1-3H,4H2,(H,11,12)(H,13,14). The molecule has 5 nitrogen and oxygen atoms in total. The Bertz CT molecular complexity index is 509. The van der Waals surface area contributed by atoms with Crippen LogP contribution in [0.4, 0.5) is 4.39 Å². The zero-order chi connectivity index (χ0) is 10.8. The molecular formula is C9H7FN2O3. The number of rotatable bonds is 3. The van der Waals surface area contributed by atoms with E-state index in [0.717, 1.165) is 0 Å². The number of hydrogen-bond donors (Lipinski definition) is 2. The molecule has 0 fully saturated rings. The summed E-state index contributed by atoms with van der Waals surface area (Å²) in [7, 11) is 0. The number of fused-ring (bicyclic) bond motifs is 1. The molecule has 1 heterocycles. The number of carbonyl (C=O) groups is 1. The van der Waals surface area contributed by atoms with Gasteiger partial charge in [0.25, 0.3) is 0 Å². The summed E-state index contributed by atoms with van der Waals surface area (Å²) in [5.41, 5.74) is 0.594. The van der Waals surface area contributed by atoms with Gasteiger partial charge in [0.1, 0.15) is 5.82 Å². The van der Waals surface area contributed by atoms with Gasteiger partial charge in [0, 0.05) is 0 Å². The number of aliphatic carboxylic acids is 1. The van der Waals surface area contributed by atoms with Crippen LogP contribution >= 0.6 is 0 Å². The van der Waals surface area contributed by atoms with Crippen molar-refractivity contribution in [2.24, 2.45) is 0 Å². The van der Waals surface area contributed by atoms with Crippen molar-refractivity contribution in [3.8, 4) is 5.88 Å². The van der Waals surface area contributed by atoms with Crippen LogP contribution in [0.2, 0.25) is 0 Å². The Hall–Kier alpha value is -2.11. The Morgan fingerprint density at radius 3 is 3.13 bits per heavy atom. The Morgan fingerprint density at radius 2 is 2.40 bits per heavy atom. The molecule has 0 bridgehead atoms. The van der Waals surface area contributed by atoms with Crippen molar-refractivity contribution < 1.29 is 19.0 Å². The number of aromatic amines is 1. The lowest BCUT2D eigenvalue weighted by molar-refractivity contribution is -0.139. The molecule has 0 spiro atoms. The summed E-state index contributed by atoms with van der Waals surface area (Å²) in [6, 6.07) is 4.02. The topological polar surface area (TPSA) is 75.2 Å². The average Bonchev–Trinajstić information content (AvgIpc) is 2.57. The smallest absolute Gasteiger partial charge is 0.341 e. The normalized spacial score (nSPS) is 10.5. The lowest BCUT2D eigenvalue weighted by atomic mass is 10.2. The van der Waals surface area contributed by atoms with E-state index in [1.165, 1.54) is 18.2 Å². The van der Waals surface area contributed by atoms with Crippen molar-refractivity contribution in [2.75, 3.05) is 6.61 Å². The third-order valence-corrected chi connectivity index (χ3v) is 1.82. The van der Waals surface area contributed by atoms with Crippen LogP contribution in [0.25, 0.3) is 10.9 Å². The van der Waals surface area contributed by atoms with Gasteiger partial charge in [-0.05, 0) is 18.2 Å². The predicted octanol–water partition coefficient (Wildman–Crippen LogP) is 1.17. The maximum absolute atomic E-state index is 12.9. The third kappa shape index (κ3) is 1.88. The molecule has 0 unspecified atom stereocenters. The Balaban J connectivity index is 2.35. The highest BCUT2D eigenvalue weighted by Crippen LogP contribution is 2.22. The molecule has 0 radical (unpaired) electrons. The molecule has 0 saturated carbocycles. The van der Waals surface area contributed by atoms with E-state index < -0.39 is 18.4 Å². The second-order valence-corrected chi connectivity index (χ2v) is 2.90. The highest BCUT2D eigenvalue weighted by Gasteiger charge is 2.08. The van der Waals surface area contributed by atoms with E-state index >= 15 is 0 Å². The molecule has 15 heavy (non-hydrogen) atoms. The Labute approximate surface area is 83.5 Å². The lowest BCUT2D eigenvalue weighted by Gasteiger charge is -1.98. The molecular weight excluding hydrogens is 203 g/mol. The monoisotopic (exact) mass is 210 g/mol. The molecule has 1 aromatic heterocycles. The molecule has 0 aliphatic carbocycles. The molecule has 0 aliphatic heterocycles. The lowest BCUT2D eigenvalue weighted by Crippen LogP contribution is -2.09. The number of nitrogens with one attached hydrogen (secondary N) is 1. The summed E-state index contributed by atoms with van der Waals surface area (Å²) in [6.45, 7) is -0.504. The summed E-state index contributed by atoms with van der Waals surface area (Å²) < 4.78 is 17.7. The fourth-order valence-electron chi connectivity index (χ4n) is 1.20. The number of carboxylic acids is 1. The minimum absolute atomic E-state index is 0.0897. The molecule has 2 N–H and O–H groups in total. The molecule has 0 saturated heterocycles. The van der Waals surface area contributed by atoms with Crippen LogP contribution < -0.4 is 4.74 Å². The summed E-state index contributed by atoms with van der Waals surface area (Å²) >= 11 is 0. The van der Waals surface area contributed by atoms with Gasteiger partial charge < -0.3 is 9.84 Å². The van der Waals surface area contributed by atoms with E-state index in [9.17, 15) is 9.18 Å². The first-order valence-corrected chi connectivity index (χ1v) is 4.15. The van der Waals surface area contributed by atoms with Gasteiger partial charge >= 0.3 is 5.97 Å². The molecule has 0 amide bonds.